The molecule has 8 heteroatoms. The molecule has 0 saturated heterocycles. The van der Waals surface area contributed by atoms with Gasteiger partial charge in [-0.15, -0.1) is 4.73 Å². The minimum atomic E-state index is -0.835. The van der Waals surface area contributed by atoms with Crippen LogP contribution in [0.1, 0.15) is 0 Å². The zero-order chi connectivity index (χ0) is 9.59. The van der Waals surface area contributed by atoms with Crippen LogP contribution in [-0.2, 0) is 0 Å². The fourth-order valence-corrected chi connectivity index (χ4v) is 1.02. The van der Waals surface area contributed by atoms with Gasteiger partial charge in [0.25, 0.3) is 5.56 Å². The fraction of sp³-hybridized carbons (Fsp3) is 0. The molecule has 0 aliphatic heterocycles. The molecule has 68 valence electrons. The van der Waals surface area contributed by atoms with Crippen molar-refractivity contribution in [1.82, 2.24) is 19.7 Å². The lowest BCUT2D eigenvalue weighted by Gasteiger charge is -1.91. The molecule has 0 bridgehead atoms. The number of rotatable bonds is 0. The fourth-order valence-electron chi connectivity index (χ4n) is 1.02. The van der Waals surface area contributed by atoms with Crippen molar-refractivity contribution in [2.75, 3.05) is 5.73 Å². The van der Waals surface area contributed by atoms with E-state index in [1.165, 1.54) is 0 Å². The Kier molecular flexibility index (Phi) is 1.21. The predicted octanol–water partition coefficient (Wildman–Crippen LogP) is -1.77. The summed E-state index contributed by atoms with van der Waals surface area (Å²) in [6, 6.07) is 0. The second kappa shape index (κ2) is 2.12. The number of nitrogens with two attached hydrogens (primary N) is 1. The molecule has 2 aromatic heterocycles. The maximum absolute atomic E-state index is 11.1. The van der Waals surface area contributed by atoms with Crippen molar-refractivity contribution in [1.29, 1.82) is 0 Å². The van der Waals surface area contributed by atoms with Gasteiger partial charge >= 0.3 is 5.69 Å². The average molecular weight is 183 g/mol. The maximum Gasteiger partial charge on any atom is 0.360 e. The van der Waals surface area contributed by atoms with Crippen LogP contribution in [0, 0.1) is 0 Å². The van der Waals surface area contributed by atoms with Crippen molar-refractivity contribution in [3.63, 3.8) is 0 Å². The summed E-state index contributed by atoms with van der Waals surface area (Å²) in [4.78, 5) is 29.8. The number of hydrogen-bond donors (Lipinski definition) is 4. The molecule has 0 aliphatic carbocycles. The Hall–Kier alpha value is -2.25. The largest absolute Gasteiger partial charge is 0.423 e. The van der Waals surface area contributed by atoms with E-state index >= 15 is 0 Å². The number of anilines is 1. The molecule has 2 rings (SSSR count). The van der Waals surface area contributed by atoms with Gasteiger partial charge < -0.3 is 10.9 Å². The highest BCUT2D eigenvalue weighted by molar-refractivity contribution is 5.69. The smallest absolute Gasteiger partial charge is 0.360 e. The summed E-state index contributed by atoms with van der Waals surface area (Å²) in [5.74, 6) is -0.126. The van der Waals surface area contributed by atoms with E-state index in [1.807, 2.05) is 0 Å². The molecule has 0 unspecified atom stereocenters. The van der Waals surface area contributed by atoms with E-state index in [0.29, 0.717) is 0 Å². The molecule has 0 saturated carbocycles. The molecule has 2 aromatic rings. The zero-order valence-electron chi connectivity index (χ0n) is 6.24. The van der Waals surface area contributed by atoms with Crippen LogP contribution in [0.5, 0.6) is 0 Å². The molecule has 8 nitrogen and oxygen atoms in total. The van der Waals surface area contributed by atoms with E-state index in [-0.39, 0.29) is 21.8 Å². The highest BCUT2D eigenvalue weighted by Gasteiger charge is 2.10. The summed E-state index contributed by atoms with van der Waals surface area (Å²) < 4.78 is 0.181. The first-order valence-electron chi connectivity index (χ1n) is 3.29. The Morgan fingerprint density at radius 1 is 1.38 bits per heavy atom. The standard InChI is InChI=1S/C5H5N5O3/c6-4-7-2-1(3(11)9-4)10(13)5(12)8-2/h13H,(H4,6,7,8,9,11,12). The van der Waals surface area contributed by atoms with Crippen LogP contribution in [0.15, 0.2) is 9.59 Å². The van der Waals surface area contributed by atoms with Gasteiger partial charge in [-0.1, -0.05) is 0 Å². The highest BCUT2D eigenvalue weighted by Crippen LogP contribution is 1.99. The van der Waals surface area contributed by atoms with Gasteiger partial charge in [0.1, 0.15) is 0 Å². The first-order valence-corrected chi connectivity index (χ1v) is 3.29. The van der Waals surface area contributed by atoms with Crippen LogP contribution in [0.25, 0.3) is 11.2 Å². The van der Waals surface area contributed by atoms with Crippen LogP contribution >= 0.6 is 0 Å². The molecule has 0 atom stereocenters. The van der Waals surface area contributed by atoms with Crippen molar-refractivity contribution in [2.45, 2.75) is 0 Å². The highest BCUT2D eigenvalue weighted by atomic mass is 16.5. The zero-order valence-corrected chi connectivity index (χ0v) is 6.24. The van der Waals surface area contributed by atoms with E-state index in [9.17, 15) is 9.59 Å². The molecule has 0 aromatic carbocycles. The second-order valence-corrected chi connectivity index (χ2v) is 2.39. The van der Waals surface area contributed by atoms with Crippen molar-refractivity contribution >= 4 is 17.1 Å². The number of hydrogen-bond acceptors (Lipinski definition) is 5. The lowest BCUT2D eigenvalue weighted by atomic mass is 10.5. The van der Waals surface area contributed by atoms with Gasteiger partial charge in [0.15, 0.2) is 11.2 Å². The Balaban J connectivity index is 3.12. The van der Waals surface area contributed by atoms with Crippen molar-refractivity contribution in [3.8, 4) is 0 Å². The normalized spacial score (nSPS) is 10.8. The van der Waals surface area contributed by atoms with E-state index in [2.05, 4.69) is 15.0 Å². The predicted molar refractivity (Wildman–Crippen MR) is 42.6 cm³/mol. The van der Waals surface area contributed by atoms with E-state index in [4.69, 9.17) is 10.9 Å². The van der Waals surface area contributed by atoms with Crippen molar-refractivity contribution in [2.24, 2.45) is 0 Å². The van der Waals surface area contributed by atoms with Crippen LogP contribution < -0.4 is 17.0 Å². The number of nitrogens with one attached hydrogen (secondary N) is 2. The SMILES string of the molecule is Nc1nc2[nH]c(=O)n(O)c2c(=O)[nH]1. The van der Waals surface area contributed by atoms with E-state index in [1.54, 1.807) is 0 Å². The minimum Gasteiger partial charge on any atom is -0.423 e. The van der Waals surface area contributed by atoms with Crippen molar-refractivity contribution < 1.29 is 5.21 Å². The van der Waals surface area contributed by atoms with Crippen LogP contribution in [-0.4, -0.2) is 24.9 Å². The summed E-state index contributed by atoms with van der Waals surface area (Å²) in [6.45, 7) is 0. The summed E-state index contributed by atoms with van der Waals surface area (Å²) in [5.41, 5.74) is 3.39. The summed E-state index contributed by atoms with van der Waals surface area (Å²) in [7, 11) is 0. The van der Waals surface area contributed by atoms with Gasteiger partial charge in [-0.2, -0.15) is 4.98 Å². The molecule has 0 fully saturated rings. The van der Waals surface area contributed by atoms with Gasteiger partial charge in [0.2, 0.25) is 5.95 Å². The van der Waals surface area contributed by atoms with E-state index in [0.717, 1.165) is 0 Å². The number of fused-ring (bicyclic) bond motifs is 1. The topological polar surface area (TPSA) is 130 Å². The Morgan fingerprint density at radius 2 is 2.08 bits per heavy atom. The molecule has 2 heterocycles. The molecule has 0 radical (unpaired) electrons. The quantitative estimate of drug-likeness (QED) is 0.359. The molecule has 0 spiro atoms. The third-order valence-electron chi connectivity index (χ3n) is 1.54. The van der Waals surface area contributed by atoms with Crippen LogP contribution in [0.2, 0.25) is 0 Å². The summed E-state index contributed by atoms with van der Waals surface area (Å²) in [5, 5.41) is 9.04. The lowest BCUT2D eigenvalue weighted by Crippen LogP contribution is -2.18. The molecular weight excluding hydrogens is 178 g/mol. The Labute approximate surface area is 69.6 Å². The Bertz CT molecular complexity index is 576. The molecule has 0 amide bonds. The van der Waals surface area contributed by atoms with Gasteiger partial charge in [0.05, 0.1) is 0 Å². The van der Waals surface area contributed by atoms with Crippen LogP contribution in [0.4, 0.5) is 5.95 Å². The molecular formula is C5H5N5O3. The van der Waals surface area contributed by atoms with Gasteiger partial charge in [-0.05, 0) is 0 Å². The molecule has 5 N–H and O–H groups in total. The minimum absolute atomic E-state index is 0.0475. The monoisotopic (exact) mass is 183 g/mol. The van der Waals surface area contributed by atoms with E-state index < -0.39 is 11.2 Å². The number of imidazole rings is 1. The number of nitrogens with zero attached hydrogens (tertiary/aromatic N) is 2. The second-order valence-electron chi connectivity index (χ2n) is 2.39. The third-order valence-corrected chi connectivity index (χ3v) is 1.54. The van der Waals surface area contributed by atoms with Gasteiger partial charge in [0, 0.05) is 0 Å². The number of nitrogen functional groups attached to an aromatic ring is 1. The lowest BCUT2D eigenvalue weighted by molar-refractivity contribution is 0.187. The number of aromatic amines is 2. The van der Waals surface area contributed by atoms with Gasteiger partial charge in [-0.3, -0.25) is 14.8 Å². The first-order chi connectivity index (χ1) is 6.09. The molecule has 0 aliphatic rings. The average Bonchev–Trinajstić information content (AvgIpc) is 2.27. The Morgan fingerprint density at radius 3 is 2.77 bits per heavy atom. The summed E-state index contributed by atoms with van der Waals surface area (Å²) >= 11 is 0. The summed E-state index contributed by atoms with van der Waals surface area (Å²) in [6.07, 6.45) is 0. The first kappa shape index (κ1) is 7.40. The third kappa shape index (κ3) is 0.883. The number of aromatic nitrogens is 4. The van der Waals surface area contributed by atoms with Gasteiger partial charge in [-0.25, -0.2) is 4.79 Å². The van der Waals surface area contributed by atoms with Crippen molar-refractivity contribution in [3.05, 3.63) is 20.8 Å². The van der Waals surface area contributed by atoms with Crippen LogP contribution in [0.3, 0.4) is 0 Å². The molecule has 13 heavy (non-hydrogen) atoms. The maximum atomic E-state index is 11.1. The number of H-pyrrole nitrogens is 2.